The summed E-state index contributed by atoms with van der Waals surface area (Å²) < 4.78 is 5.39. The van der Waals surface area contributed by atoms with Crippen LogP contribution in [0.4, 0.5) is 0 Å². The molecule has 0 aliphatic heterocycles. The van der Waals surface area contributed by atoms with Gasteiger partial charge < -0.3 is 9.84 Å². The molecule has 0 fully saturated rings. The molecule has 1 N–H and O–H groups in total. The van der Waals surface area contributed by atoms with Gasteiger partial charge in [-0.05, 0) is 26.3 Å². The van der Waals surface area contributed by atoms with Gasteiger partial charge in [-0.15, -0.1) is 0 Å². The zero-order chi connectivity index (χ0) is 10.6. The van der Waals surface area contributed by atoms with Crippen molar-refractivity contribution in [2.45, 2.75) is 33.0 Å². The second kappa shape index (κ2) is 4.58. The van der Waals surface area contributed by atoms with Gasteiger partial charge >= 0.3 is 0 Å². The second-order valence-corrected chi connectivity index (χ2v) is 4.29. The third-order valence-electron chi connectivity index (χ3n) is 1.81. The molecule has 2 nitrogen and oxygen atoms in total. The van der Waals surface area contributed by atoms with Gasteiger partial charge in [-0.25, -0.2) is 0 Å². The maximum atomic E-state index is 9.43. The van der Waals surface area contributed by atoms with E-state index in [9.17, 15) is 5.11 Å². The van der Waals surface area contributed by atoms with E-state index >= 15 is 0 Å². The maximum absolute atomic E-state index is 9.43. The fourth-order valence-corrected chi connectivity index (χ4v) is 1.22. The van der Waals surface area contributed by atoms with Crippen LogP contribution in [0.15, 0.2) is 24.3 Å². The highest BCUT2D eigenvalue weighted by Gasteiger charge is 2.11. The minimum atomic E-state index is -0.746. The molecule has 0 saturated carbocycles. The smallest absolute Gasteiger partial charge is 0.0824 e. The van der Waals surface area contributed by atoms with E-state index in [1.807, 2.05) is 12.1 Å². The first kappa shape index (κ1) is 11.2. The number of hydrogen-bond donors (Lipinski definition) is 1. The van der Waals surface area contributed by atoms with Gasteiger partial charge in [0.15, 0.2) is 0 Å². The highest BCUT2D eigenvalue weighted by molar-refractivity contribution is 5.21. The molecule has 0 amide bonds. The Morgan fingerprint density at radius 3 is 2.64 bits per heavy atom. The van der Waals surface area contributed by atoms with Gasteiger partial charge in [-0.1, -0.05) is 29.8 Å². The van der Waals surface area contributed by atoms with Crippen molar-refractivity contribution in [2.75, 3.05) is 6.61 Å². The highest BCUT2D eigenvalue weighted by Crippen LogP contribution is 2.07. The summed E-state index contributed by atoms with van der Waals surface area (Å²) in [6, 6.07) is 8.18. The van der Waals surface area contributed by atoms with Crippen LogP contribution in [0, 0.1) is 6.92 Å². The second-order valence-electron chi connectivity index (χ2n) is 4.29. The Morgan fingerprint density at radius 1 is 1.36 bits per heavy atom. The van der Waals surface area contributed by atoms with Crippen molar-refractivity contribution >= 4 is 0 Å². The first-order valence-corrected chi connectivity index (χ1v) is 4.83. The summed E-state index contributed by atoms with van der Waals surface area (Å²) in [4.78, 5) is 0. The molecule has 0 saturated heterocycles. The van der Waals surface area contributed by atoms with E-state index in [1.165, 1.54) is 5.56 Å². The molecule has 1 aromatic rings. The third-order valence-corrected chi connectivity index (χ3v) is 1.81. The molecule has 2 heteroatoms. The number of aliphatic hydroxyl groups is 1. The lowest BCUT2D eigenvalue weighted by atomic mass is 10.1. The van der Waals surface area contributed by atoms with Crippen molar-refractivity contribution in [1.29, 1.82) is 0 Å². The van der Waals surface area contributed by atoms with Gasteiger partial charge in [0.2, 0.25) is 0 Å². The minimum absolute atomic E-state index is 0.362. The summed E-state index contributed by atoms with van der Waals surface area (Å²) in [7, 11) is 0. The molecular formula is C12H18O2. The molecule has 1 rings (SSSR count). The normalized spacial score (nSPS) is 11.7. The van der Waals surface area contributed by atoms with Gasteiger partial charge in [0.25, 0.3) is 0 Å². The van der Waals surface area contributed by atoms with Crippen LogP contribution in [0.3, 0.4) is 0 Å². The van der Waals surface area contributed by atoms with Crippen LogP contribution in [-0.4, -0.2) is 17.3 Å². The molecule has 0 aliphatic rings. The van der Waals surface area contributed by atoms with Crippen molar-refractivity contribution in [3.8, 4) is 0 Å². The van der Waals surface area contributed by atoms with Crippen LogP contribution in [0.5, 0.6) is 0 Å². The van der Waals surface area contributed by atoms with Crippen LogP contribution in [0.2, 0.25) is 0 Å². The molecule has 0 heterocycles. The Morgan fingerprint density at radius 2 is 2.07 bits per heavy atom. The van der Waals surface area contributed by atoms with Crippen molar-refractivity contribution < 1.29 is 9.84 Å². The van der Waals surface area contributed by atoms with Crippen LogP contribution in [0.25, 0.3) is 0 Å². The van der Waals surface area contributed by atoms with E-state index in [2.05, 4.69) is 19.1 Å². The van der Waals surface area contributed by atoms with Crippen molar-refractivity contribution in [3.63, 3.8) is 0 Å². The Bertz CT molecular complexity index is 287. The monoisotopic (exact) mass is 194 g/mol. The Kier molecular flexibility index (Phi) is 3.67. The molecule has 0 radical (unpaired) electrons. The van der Waals surface area contributed by atoms with Crippen LogP contribution < -0.4 is 0 Å². The lowest BCUT2D eigenvalue weighted by molar-refractivity contribution is -0.0268. The highest BCUT2D eigenvalue weighted by atomic mass is 16.5. The SMILES string of the molecule is Cc1cccc(COCC(C)(C)O)c1. The summed E-state index contributed by atoms with van der Waals surface area (Å²) in [6.45, 7) is 6.46. The summed E-state index contributed by atoms with van der Waals surface area (Å²) in [5.41, 5.74) is 1.63. The van der Waals surface area contributed by atoms with Crippen molar-refractivity contribution in [2.24, 2.45) is 0 Å². The van der Waals surface area contributed by atoms with Gasteiger partial charge in [0.05, 0.1) is 18.8 Å². The maximum Gasteiger partial charge on any atom is 0.0824 e. The first-order valence-electron chi connectivity index (χ1n) is 4.83. The Balaban J connectivity index is 2.39. The minimum Gasteiger partial charge on any atom is -0.388 e. The van der Waals surface area contributed by atoms with E-state index in [0.717, 1.165) is 5.56 Å². The van der Waals surface area contributed by atoms with Gasteiger partial charge in [-0.2, -0.15) is 0 Å². The summed E-state index contributed by atoms with van der Waals surface area (Å²) >= 11 is 0. The molecule has 0 aromatic heterocycles. The summed E-state index contributed by atoms with van der Waals surface area (Å²) in [5.74, 6) is 0. The number of ether oxygens (including phenoxy) is 1. The average Bonchev–Trinajstić information content (AvgIpc) is 2.01. The zero-order valence-electron chi connectivity index (χ0n) is 9.08. The van der Waals surface area contributed by atoms with E-state index in [1.54, 1.807) is 13.8 Å². The lowest BCUT2D eigenvalue weighted by Gasteiger charge is -2.16. The molecule has 0 atom stereocenters. The van der Waals surface area contributed by atoms with Crippen LogP contribution in [0.1, 0.15) is 25.0 Å². The predicted molar refractivity (Wildman–Crippen MR) is 57.1 cm³/mol. The summed E-state index contributed by atoms with van der Waals surface area (Å²) in [6.07, 6.45) is 0. The van der Waals surface area contributed by atoms with Crippen LogP contribution in [-0.2, 0) is 11.3 Å². The third kappa shape index (κ3) is 4.40. The fourth-order valence-electron chi connectivity index (χ4n) is 1.22. The largest absolute Gasteiger partial charge is 0.388 e. The molecule has 0 unspecified atom stereocenters. The number of aryl methyl sites for hydroxylation is 1. The molecular weight excluding hydrogens is 176 g/mol. The lowest BCUT2D eigenvalue weighted by Crippen LogP contribution is -2.25. The molecule has 14 heavy (non-hydrogen) atoms. The Labute approximate surface area is 85.5 Å². The van der Waals surface area contributed by atoms with Crippen molar-refractivity contribution in [1.82, 2.24) is 0 Å². The number of hydrogen-bond acceptors (Lipinski definition) is 2. The predicted octanol–water partition coefficient (Wildman–Crippen LogP) is 2.28. The van der Waals surface area contributed by atoms with E-state index in [0.29, 0.717) is 13.2 Å². The van der Waals surface area contributed by atoms with Gasteiger partial charge in [0, 0.05) is 0 Å². The van der Waals surface area contributed by atoms with E-state index in [4.69, 9.17) is 4.74 Å². The topological polar surface area (TPSA) is 29.5 Å². The standard InChI is InChI=1S/C12H18O2/c1-10-5-4-6-11(7-10)8-14-9-12(2,3)13/h4-7,13H,8-9H2,1-3H3. The quantitative estimate of drug-likeness (QED) is 0.796. The number of rotatable bonds is 4. The van der Waals surface area contributed by atoms with Gasteiger partial charge in [-0.3, -0.25) is 0 Å². The fraction of sp³-hybridized carbons (Fsp3) is 0.500. The molecule has 0 bridgehead atoms. The number of benzene rings is 1. The van der Waals surface area contributed by atoms with Gasteiger partial charge in [0.1, 0.15) is 0 Å². The summed E-state index contributed by atoms with van der Waals surface area (Å²) in [5, 5.41) is 9.43. The zero-order valence-corrected chi connectivity index (χ0v) is 9.08. The molecule has 1 aromatic carbocycles. The van der Waals surface area contributed by atoms with Crippen LogP contribution >= 0.6 is 0 Å². The Hall–Kier alpha value is -0.860. The molecule has 0 spiro atoms. The average molecular weight is 194 g/mol. The van der Waals surface area contributed by atoms with Crippen molar-refractivity contribution in [3.05, 3.63) is 35.4 Å². The molecule has 0 aliphatic carbocycles. The molecule has 78 valence electrons. The first-order chi connectivity index (χ1) is 6.47. The van der Waals surface area contributed by atoms with E-state index < -0.39 is 5.60 Å². The van der Waals surface area contributed by atoms with E-state index in [-0.39, 0.29) is 0 Å².